The summed E-state index contributed by atoms with van der Waals surface area (Å²) in [4.78, 5) is 0. The Hall–Kier alpha value is -8.96. The minimum absolute atomic E-state index is 1.13. The highest BCUT2D eigenvalue weighted by Crippen LogP contribution is 2.40. The van der Waals surface area contributed by atoms with E-state index in [1.807, 2.05) is 0 Å². The molecule has 0 aliphatic carbocycles. The van der Waals surface area contributed by atoms with Crippen molar-refractivity contribution < 1.29 is 0 Å². The van der Waals surface area contributed by atoms with Crippen LogP contribution in [-0.4, -0.2) is 21.8 Å². The minimum Gasteiger partial charge on any atom is -0.309 e. The molecule has 328 valence electrons. The normalized spacial score (nSPS) is 12.0. The van der Waals surface area contributed by atoms with Crippen LogP contribution in [0, 0.1) is 0 Å². The van der Waals surface area contributed by atoms with Crippen LogP contribution < -0.4 is 20.7 Å². The standard InChI is InChI=1S/C66H45N3Si/c1-5-20-46(21-6-1)47-36-40-64-59(42-47)56-31-14-17-34-62(56)68(64)50-37-39-58-55-30-13-16-33-61(55)69(66(58)45-50)49-38-41-65-60(44-49)57-32-15-18-35-63(57)67(65)48-22-19-29-54(43-48)70(51-23-7-2-8-24-51,52-25-9-3-10-26-52)53-27-11-4-12-28-53/h1-45H. The van der Waals surface area contributed by atoms with E-state index in [1.165, 1.54) is 97.3 Å². The molecule has 0 aliphatic heterocycles. The van der Waals surface area contributed by atoms with Gasteiger partial charge in [0.1, 0.15) is 0 Å². The van der Waals surface area contributed by atoms with E-state index in [-0.39, 0.29) is 0 Å². The smallest absolute Gasteiger partial charge is 0.179 e. The van der Waals surface area contributed by atoms with E-state index in [2.05, 4.69) is 287 Å². The second-order valence-corrected chi connectivity index (χ2v) is 22.3. The van der Waals surface area contributed by atoms with Gasteiger partial charge in [-0.05, 0) is 105 Å². The Labute approximate surface area is 407 Å². The van der Waals surface area contributed by atoms with Crippen LogP contribution in [0.5, 0.6) is 0 Å². The fraction of sp³-hybridized carbons (Fsp3) is 0. The number of aromatic nitrogens is 3. The lowest BCUT2D eigenvalue weighted by Gasteiger charge is -2.34. The number of fused-ring (bicyclic) bond motifs is 9. The first-order valence-electron chi connectivity index (χ1n) is 24.2. The molecule has 70 heavy (non-hydrogen) atoms. The van der Waals surface area contributed by atoms with E-state index in [4.69, 9.17) is 0 Å². The van der Waals surface area contributed by atoms with Gasteiger partial charge in [-0.15, -0.1) is 0 Å². The first kappa shape index (κ1) is 40.1. The lowest BCUT2D eigenvalue weighted by molar-refractivity contribution is 1.15. The summed E-state index contributed by atoms with van der Waals surface area (Å²) >= 11 is 0. The number of rotatable bonds is 8. The molecule has 0 spiro atoms. The van der Waals surface area contributed by atoms with Crippen molar-refractivity contribution in [2.24, 2.45) is 0 Å². The summed E-state index contributed by atoms with van der Waals surface area (Å²) in [5.74, 6) is 0. The molecule has 0 bridgehead atoms. The zero-order chi connectivity index (χ0) is 46.2. The molecule has 3 heterocycles. The molecule has 0 N–H and O–H groups in total. The van der Waals surface area contributed by atoms with E-state index in [9.17, 15) is 0 Å². The van der Waals surface area contributed by atoms with Gasteiger partial charge in [0.2, 0.25) is 0 Å². The zero-order valence-corrected chi connectivity index (χ0v) is 39.3. The van der Waals surface area contributed by atoms with Crippen LogP contribution >= 0.6 is 0 Å². The third-order valence-corrected chi connectivity index (χ3v) is 19.5. The van der Waals surface area contributed by atoms with Crippen molar-refractivity contribution >= 4 is 94.2 Å². The molecule has 11 aromatic carbocycles. The molecule has 0 radical (unpaired) electrons. The van der Waals surface area contributed by atoms with Gasteiger partial charge < -0.3 is 13.7 Å². The number of hydrogen-bond donors (Lipinski definition) is 0. The third-order valence-electron chi connectivity index (χ3n) is 14.8. The Kier molecular flexibility index (Phi) is 9.23. The van der Waals surface area contributed by atoms with E-state index < -0.39 is 8.07 Å². The molecule has 0 aliphatic rings. The molecule has 0 fully saturated rings. The Morgan fingerprint density at radius 2 is 0.586 bits per heavy atom. The minimum atomic E-state index is -2.77. The number of para-hydroxylation sites is 3. The molecule has 3 aromatic heterocycles. The highest BCUT2D eigenvalue weighted by atomic mass is 28.3. The molecule has 0 amide bonds. The van der Waals surface area contributed by atoms with Crippen molar-refractivity contribution in [3.8, 4) is 28.2 Å². The van der Waals surface area contributed by atoms with Gasteiger partial charge in [0, 0.05) is 49.4 Å². The Morgan fingerprint density at radius 3 is 1.16 bits per heavy atom. The van der Waals surface area contributed by atoms with Gasteiger partial charge >= 0.3 is 0 Å². The van der Waals surface area contributed by atoms with Crippen molar-refractivity contribution in [1.29, 1.82) is 0 Å². The maximum absolute atomic E-state index is 2.77. The first-order valence-corrected chi connectivity index (χ1v) is 26.2. The SMILES string of the molecule is c1ccc(-c2ccc3c(c2)c2ccccc2n3-c2ccc3c4ccccc4n(-c4ccc5c(c4)c4ccccc4n5-c4cccc([Si](c5ccccc5)(c5ccccc5)c5ccccc5)c4)c3c2)cc1. The van der Waals surface area contributed by atoms with Crippen LogP contribution in [0.4, 0.5) is 0 Å². The van der Waals surface area contributed by atoms with Crippen molar-refractivity contribution in [2.75, 3.05) is 0 Å². The van der Waals surface area contributed by atoms with Gasteiger partial charge in [-0.3, -0.25) is 0 Å². The molecular weight excluding hydrogens is 863 g/mol. The summed E-state index contributed by atoms with van der Waals surface area (Å²) in [5.41, 5.74) is 13.0. The van der Waals surface area contributed by atoms with E-state index in [0.717, 1.165) is 17.1 Å². The second kappa shape index (κ2) is 16.1. The highest BCUT2D eigenvalue weighted by Gasteiger charge is 2.41. The molecule has 0 saturated carbocycles. The third kappa shape index (κ3) is 6.07. The van der Waals surface area contributed by atoms with Crippen LogP contribution in [0.25, 0.3) is 93.6 Å². The van der Waals surface area contributed by atoms with E-state index in [1.54, 1.807) is 0 Å². The maximum atomic E-state index is 2.48. The summed E-state index contributed by atoms with van der Waals surface area (Å²) in [5, 5.41) is 12.8. The summed E-state index contributed by atoms with van der Waals surface area (Å²) in [6.45, 7) is 0. The average molecular weight is 908 g/mol. The average Bonchev–Trinajstić information content (AvgIpc) is 4.07. The Morgan fingerprint density at radius 1 is 0.200 bits per heavy atom. The quantitative estimate of drug-likeness (QED) is 0.107. The van der Waals surface area contributed by atoms with Crippen molar-refractivity contribution in [3.63, 3.8) is 0 Å². The van der Waals surface area contributed by atoms with Gasteiger partial charge in [0.25, 0.3) is 0 Å². The molecule has 14 rings (SSSR count). The predicted molar refractivity (Wildman–Crippen MR) is 299 cm³/mol. The fourth-order valence-electron chi connectivity index (χ4n) is 11.8. The number of benzene rings is 11. The second-order valence-electron chi connectivity index (χ2n) is 18.5. The molecule has 0 saturated heterocycles. The summed E-state index contributed by atoms with van der Waals surface area (Å²) in [6.07, 6.45) is 0. The molecule has 0 unspecified atom stereocenters. The maximum Gasteiger partial charge on any atom is 0.179 e. The van der Waals surface area contributed by atoms with Gasteiger partial charge in [-0.1, -0.05) is 200 Å². The van der Waals surface area contributed by atoms with Crippen LogP contribution in [0.2, 0.25) is 0 Å². The Bertz CT molecular complexity index is 4180. The van der Waals surface area contributed by atoms with Crippen molar-refractivity contribution in [3.05, 3.63) is 273 Å². The van der Waals surface area contributed by atoms with Crippen molar-refractivity contribution in [1.82, 2.24) is 13.7 Å². The van der Waals surface area contributed by atoms with Gasteiger partial charge in [-0.2, -0.15) is 0 Å². The Balaban J connectivity index is 0.964. The van der Waals surface area contributed by atoms with Crippen molar-refractivity contribution in [2.45, 2.75) is 0 Å². The lowest BCUT2D eigenvalue weighted by atomic mass is 10.0. The largest absolute Gasteiger partial charge is 0.309 e. The highest BCUT2D eigenvalue weighted by molar-refractivity contribution is 7.19. The summed E-state index contributed by atoms with van der Waals surface area (Å²) < 4.78 is 7.39. The van der Waals surface area contributed by atoms with Crippen LogP contribution in [-0.2, 0) is 0 Å². The molecular formula is C66H45N3Si. The van der Waals surface area contributed by atoms with Crippen LogP contribution in [0.15, 0.2) is 273 Å². The molecule has 3 nitrogen and oxygen atoms in total. The first-order chi connectivity index (χ1) is 34.7. The molecule has 14 aromatic rings. The fourth-order valence-corrected chi connectivity index (χ4v) is 16.5. The topological polar surface area (TPSA) is 14.8 Å². The monoisotopic (exact) mass is 907 g/mol. The van der Waals surface area contributed by atoms with Gasteiger partial charge in [0.15, 0.2) is 8.07 Å². The lowest BCUT2D eigenvalue weighted by Crippen LogP contribution is -2.74. The van der Waals surface area contributed by atoms with Gasteiger partial charge in [-0.25, -0.2) is 0 Å². The predicted octanol–water partition coefficient (Wildman–Crippen LogP) is 14.0. The van der Waals surface area contributed by atoms with Gasteiger partial charge in [0.05, 0.1) is 33.1 Å². The van der Waals surface area contributed by atoms with E-state index in [0.29, 0.717) is 0 Å². The summed E-state index contributed by atoms with van der Waals surface area (Å²) in [7, 11) is -2.77. The molecule has 4 heteroatoms. The van der Waals surface area contributed by atoms with E-state index >= 15 is 0 Å². The summed E-state index contributed by atoms with van der Waals surface area (Å²) in [6, 6.07) is 101. The number of hydrogen-bond acceptors (Lipinski definition) is 0. The zero-order valence-electron chi connectivity index (χ0n) is 38.3. The number of nitrogens with zero attached hydrogens (tertiary/aromatic N) is 3. The molecule has 0 atom stereocenters. The van der Waals surface area contributed by atoms with Crippen LogP contribution in [0.1, 0.15) is 0 Å². The van der Waals surface area contributed by atoms with Crippen LogP contribution in [0.3, 0.4) is 0 Å².